The van der Waals surface area contributed by atoms with E-state index in [2.05, 4.69) is 15.0 Å². The van der Waals surface area contributed by atoms with Crippen molar-refractivity contribution in [2.75, 3.05) is 13.1 Å². The Morgan fingerprint density at radius 3 is 2.96 bits per heavy atom. The van der Waals surface area contributed by atoms with Crippen LogP contribution in [0.2, 0.25) is 0 Å². The van der Waals surface area contributed by atoms with E-state index in [1.165, 1.54) is 0 Å². The minimum atomic E-state index is -0.0639. The molecule has 6 nitrogen and oxygen atoms in total. The van der Waals surface area contributed by atoms with E-state index in [-0.39, 0.29) is 12.0 Å². The molecule has 0 N–H and O–H groups in total. The number of carbonyl (C=O) groups is 1. The summed E-state index contributed by atoms with van der Waals surface area (Å²) < 4.78 is 5.77. The molecule has 1 aliphatic heterocycles. The second-order valence-corrected chi connectivity index (χ2v) is 5.71. The summed E-state index contributed by atoms with van der Waals surface area (Å²) in [5.41, 5.74) is 1.30. The van der Waals surface area contributed by atoms with Crippen molar-refractivity contribution in [3.05, 3.63) is 60.7 Å². The van der Waals surface area contributed by atoms with Crippen molar-refractivity contribution < 1.29 is 9.53 Å². The molecule has 1 atom stereocenters. The number of benzene rings is 1. The van der Waals surface area contributed by atoms with Gasteiger partial charge in [0.2, 0.25) is 5.88 Å². The second-order valence-electron chi connectivity index (χ2n) is 5.71. The van der Waals surface area contributed by atoms with Gasteiger partial charge in [-0.05, 0) is 12.1 Å². The quantitative estimate of drug-likeness (QED) is 0.741. The number of pyridine rings is 1. The van der Waals surface area contributed by atoms with Gasteiger partial charge in [-0.1, -0.05) is 24.3 Å². The van der Waals surface area contributed by atoms with Crippen LogP contribution in [0.25, 0.3) is 10.9 Å². The van der Waals surface area contributed by atoms with Crippen LogP contribution < -0.4 is 4.74 Å². The number of carbonyl (C=O) groups excluding carboxylic acids is 1. The van der Waals surface area contributed by atoms with Crippen LogP contribution in [0.5, 0.6) is 5.88 Å². The Kier molecular flexibility index (Phi) is 3.78. The van der Waals surface area contributed by atoms with Gasteiger partial charge in [0.05, 0.1) is 18.3 Å². The van der Waals surface area contributed by atoms with Crippen LogP contribution in [0.1, 0.15) is 16.9 Å². The van der Waals surface area contributed by atoms with E-state index in [4.69, 9.17) is 4.74 Å². The van der Waals surface area contributed by atoms with Crippen molar-refractivity contribution in [1.82, 2.24) is 19.9 Å². The van der Waals surface area contributed by atoms with Gasteiger partial charge in [0, 0.05) is 30.7 Å². The lowest BCUT2D eigenvalue weighted by molar-refractivity contribution is 0.0765. The van der Waals surface area contributed by atoms with Gasteiger partial charge in [-0.3, -0.25) is 9.78 Å². The standard InChI is InChI=1S/C18H16N4O2/c23-18(16-6-5-13-3-1-2-4-15(13)21-16)22-10-7-14(12-22)24-17-11-19-8-9-20-17/h1-6,8-9,11,14H,7,10,12H2. The molecular formula is C18H16N4O2. The number of para-hydroxylation sites is 1. The normalized spacial score (nSPS) is 17.2. The fraction of sp³-hybridized carbons (Fsp3) is 0.222. The van der Waals surface area contributed by atoms with Crippen LogP contribution >= 0.6 is 0 Å². The zero-order valence-corrected chi connectivity index (χ0v) is 13.0. The molecule has 1 fully saturated rings. The predicted molar refractivity (Wildman–Crippen MR) is 88.7 cm³/mol. The minimum Gasteiger partial charge on any atom is -0.471 e. The number of hydrogen-bond acceptors (Lipinski definition) is 5. The lowest BCUT2D eigenvalue weighted by Crippen LogP contribution is -2.31. The van der Waals surface area contributed by atoms with E-state index in [1.54, 1.807) is 29.6 Å². The SMILES string of the molecule is O=C(c1ccc2ccccc2n1)N1CCC(Oc2cnccn2)C1. The van der Waals surface area contributed by atoms with Crippen LogP contribution in [0.4, 0.5) is 0 Å². The van der Waals surface area contributed by atoms with E-state index in [0.29, 0.717) is 24.7 Å². The molecule has 0 bridgehead atoms. The van der Waals surface area contributed by atoms with E-state index in [0.717, 1.165) is 17.3 Å². The Morgan fingerprint density at radius 2 is 2.08 bits per heavy atom. The maximum absolute atomic E-state index is 12.7. The minimum absolute atomic E-state index is 0.0638. The molecule has 0 radical (unpaired) electrons. The molecule has 1 unspecified atom stereocenters. The molecule has 1 aromatic carbocycles. The average molecular weight is 320 g/mol. The summed E-state index contributed by atoms with van der Waals surface area (Å²) in [6.45, 7) is 1.18. The van der Waals surface area contributed by atoms with Gasteiger partial charge in [-0.25, -0.2) is 9.97 Å². The third kappa shape index (κ3) is 2.90. The average Bonchev–Trinajstić information content (AvgIpc) is 3.10. The molecule has 1 saturated heterocycles. The van der Waals surface area contributed by atoms with Gasteiger partial charge in [0.25, 0.3) is 5.91 Å². The predicted octanol–water partition coefficient (Wildman–Crippen LogP) is 2.32. The molecule has 0 aliphatic carbocycles. The third-order valence-electron chi connectivity index (χ3n) is 4.08. The molecular weight excluding hydrogens is 304 g/mol. The summed E-state index contributed by atoms with van der Waals surface area (Å²) in [7, 11) is 0. The molecule has 120 valence electrons. The van der Waals surface area contributed by atoms with Crippen LogP contribution in [0.15, 0.2) is 55.0 Å². The first-order valence-corrected chi connectivity index (χ1v) is 7.87. The molecule has 6 heteroatoms. The molecule has 0 spiro atoms. The van der Waals surface area contributed by atoms with Crippen molar-refractivity contribution in [1.29, 1.82) is 0 Å². The second kappa shape index (κ2) is 6.23. The van der Waals surface area contributed by atoms with Gasteiger partial charge < -0.3 is 9.64 Å². The fourth-order valence-electron chi connectivity index (χ4n) is 2.87. The number of ether oxygens (including phenoxy) is 1. The summed E-state index contributed by atoms with van der Waals surface area (Å²) in [5.74, 6) is 0.423. The summed E-state index contributed by atoms with van der Waals surface area (Å²) in [5, 5.41) is 1.03. The number of aromatic nitrogens is 3. The molecule has 24 heavy (non-hydrogen) atoms. The van der Waals surface area contributed by atoms with E-state index < -0.39 is 0 Å². The largest absolute Gasteiger partial charge is 0.471 e. The van der Waals surface area contributed by atoms with E-state index >= 15 is 0 Å². The molecule has 3 aromatic rings. The molecule has 3 heterocycles. The van der Waals surface area contributed by atoms with Crippen LogP contribution in [0.3, 0.4) is 0 Å². The molecule has 1 amide bonds. The molecule has 2 aromatic heterocycles. The van der Waals surface area contributed by atoms with Crippen molar-refractivity contribution in [3.63, 3.8) is 0 Å². The molecule has 4 rings (SSSR count). The van der Waals surface area contributed by atoms with Gasteiger partial charge >= 0.3 is 0 Å². The zero-order valence-electron chi connectivity index (χ0n) is 13.0. The smallest absolute Gasteiger partial charge is 0.272 e. The summed E-state index contributed by atoms with van der Waals surface area (Å²) >= 11 is 0. The Balaban J connectivity index is 1.46. The number of hydrogen-bond donors (Lipinski definition) is 0. The maximum Gasteiger partial charge on any atom is 0.272 e. The lowest BCUT2D eigenvalue weighted by Gasteiger charge is -2.16. The maximum atomic E-state index is 12.7. The topological polar surface area (TPSA) is 68.2 Å². The zero-order chi connectivity index (χ0) is 16.4. The van der Waals surface area contributed by atoms with Crippen molar-refractivity contribution in [2.45, 2.75) is 12.5 Å². The Morgan fingerprint density at radius 1 is 1.17 bits per heavy atom. The van der Waals surface area contributed by atoms with Crippen molar-refractivity contribution in [2.24, 2.45) is 0 Å². The van der Waals surface area contributed by atoms with Gasteiger partial charge in [-0.15, -0.1) is 0 Å². The van der Waals surface area contributed by atoms with E-state index in [1.807, 2.05) is 30.3 Å². The monoisotopic (exact) mass is 320 g/mol. The highest BCUT2D eigenvalue weighted by Crippen LogP contribution is 2.19. The first-order valence-electron chi connectivity index (χ1n) is 7.87. The van der Waals surface area contributed by atoms with Crippen LogP contribution in [-0.4, -0.2) is 45.0 Å². The van der Waals surface area contributed by atoms with Crippen LogP contribution in [0, 0.1) is 0 Å². The Hall–Kier alpha value is -3.02. The highest BCUT2D eigenvalue weighted by atomic mass is 16.5. The Labute approximate surface area is 139 Å². The number of nitrogens with zero attached hydrogens (tertiary/aromatic N) is 4. The van der Waals surface area contributed by atoms with Gasteiger partial charge in [0.1, 0.15) is 11.8 Å². The lowest BCUT2D eigenvalue weighted by atomic mass is 10.2. The van der Waals surface area contributed by atoms with Crippen molar-refractivity contribution >= 4 is 16.8 Å². The first-order chi connectivity index (χ1) is 11.8. The molecule has 0 saturated carbocycles. The number of fused-ring (bicyclic) bond motifs is 1. The highest BCUT2D eigenvalue weighted by molar-refractivity contribution is 5.95. The van der Waals surface area contributed by atoms with Gasteiger partial charge in [0.15, 0.2) is 0 Å². The fourth-order valence-corrected chi connectivity index (χ4v) is 2.87. The molecule has 1 aliphatic rings. The highest BCUT2D eigenvalue weighted by Gasteiger charge is 2.29. The number of amides is 1. The number of likely N-dealkylation sites (tertiary alicyclic amines) is 1. The summed E-state index contributed by atoms with van der Waals surface area (Å²) in [6.07, 6.45) is 5.48. The third-order valence-corrected chi connectivity index (χ3v) is 4.08. The summed E-state index contributed by atoms with van der Waals surface area (Å²) in [6, 6.07) is 11.5. The Bertz CT molecular complexity index is 869. The van der Waals surface area contributed by atoms with Crippen molar-refractivity contribution in [3.8, 4) is 5.88 Å². The van der Waals surface area contributed by atoms with Crippen LogP contribution in [-0.2, 0) is 0 Å². The van der Waals surface area contributed by atoms with Gasteiger partial charge in [-0.2, -0.15) is 0 Å². The van der Waals surface area contributed by atoms with E-state index in [9.17, 15) is 4.79 Å². The number of rotatable bonds is 3. The summed E-state index contributed by atoms with van der Waals surface area (Å²) in [4.78, 5) is 27.0. The first kappa shape index (κ1) is 14.6.